The average molecular weight is 258 g/mol. The van der Waals surface area contributed by atoms with Crippen LogP contribution in [0, 0.1) is 5.92 Å². The van der Waals surface area contributed by atoms with Gasteiger partial charge < -0.3 is 5.11 Å². The van der Waals surface area contributed by atoms with Gasteiger partial charge in [0, 0.05) is 24.0 Å². The third-order valence-corrected chi connectivity index (χ3v) is 4.70. The van der Waals surface area contributed by atoms with Crippen molar-refractivity contribution >= 4 is 11.6 Å². The molecule has 0 aromatic carbocycles. The van der Waals surface area contributed by atoms with Crippen molar-refractivity contribution in [3.05, 3.63) is 11.1 Å². The fourth-order valence-electron chi connectivity index (χ4n) is 3.47. The van der Waals surface area contributed by atoms with Crippen LogP contribution in [0.1, 0.15) is 45.4 Å². The molecule has 1 aliphatic carbocycles. The van der Waals surface area contributed by atoms with Gasteiger partial charge in [-0.05, 0) is 44.7 Å². The summed E-state index contributed by atoms with van der Waals surface area (Å²) in [6, 6.07) is 0.577. The third-order valence-electron chi connectivity index (χ3n) is 4.33. The number of nitrogens with zero attached hydrogens (tertiary/aromatic N) is 1. The first kappa shape index (κ1) is 13.4. The van der Waals surface area contributed by atoms with E-state index in [0.29, 0.717) is 12.0 Å². The topological polar surface area (TPSA) is 23.5 Å². The summed E-state index contributed by atoms with van der Waals surface area (Å²) in [7, 11) is 0. The number of hydrogen-bond acceptors (Lipinski definition) is 2. The van der Waals surface area contributed by atoms with E-state index in [1.165, 1.54) is 37.7 Å². The smallest absolute Gasteiger partial charge is 0.0583 e. The van der Waals surface area contributed by atoms with Crippen LogP contribution in [0.3, 0.4) is 0 Å². The molecule has 1 heterocycles. The Labute approximate surface area is 110 Å². The van der Waals surface area contributed by atoms with Crippen molar-refractivity contribution in [2.75, 3.05) is 13.1 Å². The summed E-state index contributed by atoms with van der Waals surface area (Å²) in [5.41, 5.74) is 2.92. The summed E-state index contributed by atoms with van der Waals surface area (Å²) < 4.78 is 0. The zero-order chi connectivity index (χ0) is 12.3. The van der Waals surface area contributed by atoms with E-state index in [1.54, 1.807) is 5.54 Å². The zero-order valence-electron chi connectivity index (χ0n) is 10.7. The lowest BCUT2D eigenvalue weighted by atomic mass is 9.87. The maximum atomic E-state index is 10.1. The highest BCUT2D eigenvalue weighted by atomic mass is 35.5. The highest BCUT2D eigenvalue weighted by molar-refractivity contribution is 6.25. The van der Waals surface area contributed by atoms with Crippen LogP contribution < -0.4 is 0 Å². The number of rotatable bonds is 3. The first-order chi connectivity index (χ1) is 8.22. The summed E-state index contributed by atoms with van der Waals surface area (Å²) in [5, 5.41) is 10.1. The quantitative estimate of drug-likeness (QED) is 0.840. The van der Waals surface area contributed by atoms with Gasteiger partial charge in [-0.15, -0.1) is 0 Å². The van der Waals surface area contributed by atoms with Gasteiger partial charge in [0.1, 0.15) is 0 Å². The number of aliphatic hydroxyl groups excluding tert-OH is 1. The molecule has 2 rings (SSSR count). The van der Waals surface area contributed by atoms with Crippen LogP contribution in [0.4, 0.5) is 0 Å². The van der Waals surface area contributed by atoms with Crippen LogP contribution in [0.5, 0.6) is 0 Å². The summed E-state index contributed by atoms with van der Waals surface area (Å²) in [6.45, 7) is 4.22. The van der Waals surface area contributed by atoms with Crippen molar-refractivity contribution in [1.82, 2.24) is 4.90 Å². The molecule has 0 spiro atoms. The van der Waals surface area contributed by atoms with E-state index in [4.69, 9.17) is 11.6 Å². The number of likely N-dealkylation sites (tertiary alicyclic amines) is 1. The molecule has 3 heteroatoms. The number of hydrogen-bond donors (Lipinski definition) is 1. The van der Waals surface area contributed by atoms with E-state index in [2.05, 4.69) is 11.8 Å². The fourth-order valence-corrected chi connectivity index (χ4v) is 3.54. The van der Waals surface area contributed by atoms with Gasteiger partial charge in [0.05, 0.1) is 6.10 Å². The molecule has 0 aromatic heterocycles. The molecule has 0 aromatic rings. The number of piperidine rings is 1. The second-order valence-electron chi connectivity index (χ2n) is 5.65. The molecule has 98 valence electrons. The van der Waals surface area contributed by atoms with E-state index in [0.717, 1.165) is 19.5 Å². The molecule has 3 atom stereocenters. The van der Waals surface area contributed by atoms with Gasteiger partial charge in [0.2, 0.25) is 0 Å². The van der Waals surface area contributed by atoms with Gasteiger partial charge >= 0.3 is 0 Å². The molecule has 3 unspecified atom stereocenters. The minimum atomic E-state index is -0.0686. The first-order valence-corrected chi connectivity index (χ1v) is 7.34. The van der Waals surface area contributed by atoms with Crippen molar-refractivity contribution in [3.8, 4) is 0 Å². The predicted molar refractivity (Wildman–Crippen MR) is 72.2 cm³/mol. The minimum absolute atomic E-state index is 0.0686. The van der Waals surface area contributed by atoms with E-state index >= 15 is 0 Å². The maximum Gasteiger partial charge on any atom is 0.0583 e. The first-order valence-electron chi connectivity index (χ1n) is 6.90. The van der Waals surface area contributed by atoms with E-state index < -0.39 is 0 Å². The maximum absolute atomic E-state index is 10.1. The highest BCUT2D eigenvalue weighted by Gasteiger charge is 2.36. The average Bonchev–Trinajstić information content (AvgIpc) is 2.76. The Balaban J connectivity index is 2.01. The van der Waals surface area contributed by atoms with Crippen LogP contribution in [0.2, 0.25) is 0 Å². The Hall–Kier alpha value is -0.0500. The highest BCUT2D eigenvalue weighted by Crippen LogP contribution is 2.35. The van der Waals surface area contributed by atoms with E-state index in [1.807, 2.05) is 0 Å². The van der Waals surface area contributed by atoms with Gasteiger partial charge in [-0.25, -0.2) is 0 Å². The summed E-state index contributed by atoms with van der Waals surface area (Å²) in [5.74, 6) is 0.499. The molecule has 1 aliphatic heterocycles. The normalized spacial score (nSPS) is 36.4. The van der Waals surface area contributed by atoms with Crippen LogP contribution >= 0.6 is 11.6 Å². The van der Waals surface area contributed by atoms with Gasteiger partial charge in [-0.1, -0.05) is 24.4 Å². The second kappa shape index (κ2) is 6.21. The lowest BCUT2D eigenvalue weighted by Crippen LogP contribution is -2.46. The van der Waals surface area contributed by atoms with Gasteiger partial charge in [-0.3, -0.25) is 4.90 Å². The van der Waals surface area contributed by atoms with E-state index in [-0.39, 0.29) is 6.10 Å². The lowest BCUT2D eigenvalue weighted by molar-refractivity contribution is 0.0404. The Morgan fingerprint density at radius 2 is 2.12 bits per heavy atom. The standard InChI is InChI=1S/C14H24ClNO/c1-11(9-15)10-16-8-3-2-6-13(16)12-5-4-7-14(12)17/h9,12-14,17H,2-8,10H2,1H3. The largest absolute Gasteiger partial charge is 0.393 e. The molecule has 0 bridgehead atoms. The predicted octanol–water partition coefficient (Wildman–Crippen LogP) is 3.14. The van der Waals surface area contributed by atoms with E-state index in [9.17, 15) is 5.11 Å². The van der Waals surface area contributed by atoms with Crippen LogP contribution in [-0.2, 0) is 0 Å². The molecule has 0 radical (unpaired) electrons. The van der Waals surface area contributed by atoms with Crippen molar-refractivity contribution in [3.63, 3.8) is 0 Å². The summed E-state index contributed by atoms with van der Waals surface area (Å²) in [6.07, 6.45) is 7.17. The Kier molecular flexibility index (Phi) is 4.89. The third kappa shape index (κ3) is 3.24. The molecule has 0 amide bonds. The van der Waals surface area contributed by atoms with Crippen LogP contribution in [-0.4, -0.2) is 35.2 Å². The van der Waals surface area contributed by atoms with Gasteiger partial charge in [0.25, 0.3) is 0 Å². The van der Waals surface area contributed by atoms with Crippen molar-refractivity contribution in [2.45, 2.75) is 57.6 Å². The molecular weight excluding hydrogens is 234 g/mol. The number of aliphatic hydroxyl groups is 1. The van der Waals surface area contributed by atoms with Crippen molar-refractivity contribution in [1.29, 1.82) is 0 Å². The Morgan fingerprint density at radius 1 is 1.29 bits per heavy atom. The summed E-state index contributed by atoms with van der Waals surface area (Å²) >= 11 is 5.77. The molecule has 2 nitrogen and oxygen atoms in total. The van der Waals surface area contributed by atoms with Gasteiger partial charge in [0.15, 0.2) is 0 Å². The van der Waals surface area contributed by atoms with Crippen LogP contribution in [0.25, 0.3) is 0 Å². The number of halogens is 1. The molecule has 2 aliphatic rings. The molecular formula is C14H24ClNO. The Morgan fingerprint density at radius 3 is 2.76 bits per heavy atom. The molecule has 1 saturated heterocycles. The van der Waals surface area contributed by atoms with Crippen molar-refractivity contribution < 1.29 is 5.11 Å². The molecule has 1 saturated carbocycles. The van der Waals surface area contributed by atoms with Crippen LogP contribution in [0.15, 0.2) is 11.1 Å². The molecule has 17 heavy (non-hydrogen) atoms. The SMILES string of the molecule is CC(=CCl)CN1CCCCC1C1CCCC1O. The van der Waals surface area contributed by atoms with Crippen molar-refractivity contribution in [2.24, 2.45) is 5.92 Å². The monoisotopic (exact) mass is 257 g/mol. The summed E-state index contributed by atoms with van der Waals surface area (Å²) in [4.78, 5) is 2.54. The van der Waals surface area contributed by atoms with Gasteiger partial charge in [-0.2, -0.15) is 0 Å². The second-order valence-corrected chi connectivity index (χ2v) is 5.87. The molecule has 1 N–H and O–H groups in total. The molecule has 2 fully saturated rings. The Bertz CT molecular complexity index is 279. The minimum Gasteiger partial charge on any atom is -0.393 e. The fraction of sp³-hybridized carbons (Fsp3) is 0.857. The zero-order valence-corrected chi connectivity index (χ0v) is 11.5. The lowest BCUT2D eigenvalue weighted by Gasteiger charge is -2.40.